The van der Waals surface area contributed by atoms with E-state index in [1.54, 1.807) is 7.05 Å². The normalized spacial score (nSPS) is 12.6. The maximum Gasteiger partial charge on any atom is 0.236 e. The molecule has 0 aliphatic carbocycles. The number of rotatable bonds is 5. The van der Waals surface area contributed by atoms with Crippen LogP contribution in [0, 0.1) is 0 Å². The molecular weight excluding hydrogens is 140 g/mol. The summed E-state index contributed by atoms with van der Waals surface area (Å²) >= 11 is 0. The lowest BCUT2D eigenvalue weighted by Gasteiger charge is -2.09. The average molecular weight is 158 g/mol. The van der Waals surface area contributed by atoms with Gasteiger partial charge in [-0.3, -0.25) is 4.79 Å². The van der Waals surface area contributed by atoms with Crippen LogP contribution in [0.1, 0.15) is 26.7 Å². The second kappa shape index (κ2) is 6.16. The maximum atomic E-state index is 11.1. The maximum absolute atomic E-state index is 11.1. The van der Waals surface area contributed by atoms with Crippen LogP contribution < -0.4 is 10.6 Å². The van der Waals surface area contributed by atoms with Gasteiger partial charge < -0.3 is 10.6 Å². The van der Waals surface area contributed by atoms with Gasteiger partial charge in [-0.05, 0) is 20.4 Å². The van der Waals surface area contributed by atoms with Crippen LogP contribution in [0.3, 0.4) is 0 Å². The molecule has 3 nitrogen and oxygen atoms in total. The lowest BCUT2D eigenvalue weighted by molar-refractivity contribution is -0.122. The van der Waals surface area contributed by atoms with E-state index in [4.69, 9.17) is 0 Å². The molecule has 0 aromatic rings. The van der Waals surface area contributed by atoms with Crippen molar-refractivity contribution in [2.75, 3.05) is 13.6 Å². The molecule has 2 N–H and O–H groups in total. The molecule has 0 fully saturated rings. The van der Waals surface area contributed by atoms with Gasteiger partial charge in [0.1, 0.15) is 0 Å². The van der Waals surface area contributed by atoms with Gasteiger partial charge in [-0.2, -0.15) is 0 Å². The number of unbranched alkanes of at least 4 members (excludes halogenated alkanes) is 1. The minimum atomic E-state index is -0.0770. The highest BCUT2D eigenvalue weighted by atomic mass is 16.2. The Morgan fingerprint density at radius 1 is 1.55 bits per heavy atom. The van der Waals surface area contributed by atoms with Gasteiger partial charge in [0.15, 0.2) is 0 Å². The van der Waals surface area contributed by atoms with Crippen LogP contribution in [0.15, 0.2) is 0 Å². The van der Waals surface area contributed by atoms with Crippen LogP contribution in [0.5, 0.6) is 0 Å². The fourth-order valence-electron chi connectivity index (χ4n) is 0.673. The number of carbonyl (C=O) groups is 1. The third-order valence-electron chi connectivity index (χ3n) is 1.66. The predicted octanol–water partition coefficient (Wildman–Crippen LogP) is 0.511. The van der Waals surface area contributed by atoms with Gasteiger partial charge in [0.25, 0.3) is 0 Å². The van der Waals surface area contributed by atoms with E-state index in [2.05, 4.69) is 17.6 Å². The van der Waals surface area contributed by atoms with Crippen molar-refractivity contribution < 1.29 is 4.79 Å². The minimum absolute atomic E-state index is 0.0770. The Morgan fingerprint density at radius 2 is 2.18 bits per heavy atom. The summed E-state index contributed by atoms with van der Waals surface area (Å²) in [4.78, 5) is 11.1. The van der Waals surface area contributed by atoms with Crippen LogP contribution >= 0.6 is 0 Å². The lowest BCUT2D eigenvalue weighted by Crippen LogP contribution is -2.40. The van der Waals surface area contributed by atoms with Crippen LogP contribution in [0.4, 0.5) is 0 Å². The van der Waals surface area contributed by atoms with Crippen molar-refractivity contribution in [1.29, 1.82) is 0 Å². The van der Waals surface area contributed by atoms with E-state index in [0.29, 0.717) is 0 Å². The van der Waals surface area contributed by atoms with E-state index in [1.807, 2.05) is 6.92 Å². The highest BCUT2D eigenvalue weighted by molar-refractivity contribution is 5.81. The Morgan fingerprint density at radius 3 is 2.64 bits per heavy atom. The SMILES string of the molecule is CCCCNC(=O)[C@H](C)NC. The summed E-state index contributed by atoms with van der Waals surface area (Å²) in [6, 6.07) is -0.0770. The third-order valence-corrected chi connectivity index (χ3v) is 1.66. The zero-order chi connectivity index (χ0) is 8.69. The second-order valence-corrected chi connectivity index (χ2v) is 2.65. The Labute approximate surface area is 68.6 Å². The van der Waals surface area contributed by atoms with Crippen molar-refractivity contribution in [1.82, 2.24) is 10.6 Å². The van der Waals surface area contributed by atoms with Crippen LogP contribution in [0.2, 0.25) is 0 Å². The van der Waals surface area contributed by atoms with E-state index >= 15 is 0 Å². The van der Waals surface area contributed by atoms with Crippen LogP contribution in [-0.4, -0.2) is 25.5 Å². The second-order valence-electron chi connectivity index (χ2n) is 2.65. The van der Waals surface area contributed by atoms with E-state index in [1.165, 1.54) is 0 Å². The van der Waals surface area contributed by atoms with E-state index in [-0.39, 0.29) is 11.9 Å². The standard InChI is InChI=1S/C8H18N2O/c1-4-5-6-10-8(11)7(2)9-3/h7,9H,4-6H2,1-3H3,(H,10,11)/t7-/m0/s1. The van der Waals surface area contributed by atoms with Crippen molar-refractivity contribution in [3.05, 3.63) is 0 Å². The Balaban J connectivity index is 3.36. The van der Waals surface area contributed by atoms with E-state index in [0.717, 1.165) is 19.4 Å². The predicted molar refractivity (Wildman–Crippen MR) is 46.4 cm³/mol. The first-order valence-electron chi connectivity index (χ1n) is 4.17. The molecule has 11 heavy (non-hydrogen) atoms. The van der Waals surface area contributed by atoms with E-state index in [9.17, 15) is 4.79 Å². The molecule has 0 bridgehead atoms. The topological polar surface area (TPSA) is 41.1 Å². The highest BCUT2D eigenvalue weighted by Gasteiger charge is 2.07. The summed E-state index contributed by atoms with van der Waals surface area (Å²) < 4.78 is 0. The Kier molecular flexibility index (Phi) is 5.84. The molecule has 0 saturated heterocycles. The molecule has 0 aliphatic rings. The van der Waals surface area contributed by atoms with Gasteiger partial charge in [-0.25, -0.2) is 0 Å². The number of hydrogen-bond acceptors (Lipinski definition) is 2. The molecule has 3 heteroatoms. The molecule has 1 amide bonds. The van der Waals surface area contributed by atoms with Gasteiger partial charge in [0.2, 0.25) is 5.91 Å². The smallest absolute Gasteiger partial charge is 0.236 e. The van der Waals surface area contributed by atoms with Gasteiger partial charge in [-0.1, -0.05) is 13.3 Å². The van der Waals surface area contributed by atoms with Gasteiger partial charge in [0, 0.05) is 6.54 Å². The molecule has 0 rings (SSSR count). The number of carbonyl (C=O) groups excluding carboxylic acids is 1. The zero-order valence-electron chi connectivity index (χ0n) is 7.61. The molecule has 0 unspecified atom stereocenters. The summed E-state index contributed by atoms with van der Waals surface area (Å²) in [5, 5.41) is 5.71. The molecule has 0 heterocycles. The molecule has 0 aromatic heterocycles. The average Bonchev–Trinajstić information content (AvgIpc) is 2.03. The lowest BCUT2D eigenvalue weighted by atomic mass is 10.3. The minimum Gasteiger partial charge on any atom is -0.355 e. The number of likely N-dealkylation sites (N-methyl/N-ethyl adjacent to an activating group) is 1. The molecule has 0 aliphatic heterocycles. The third kappa shape index (κ3) is 4.79. The number of amides is 1. The van der Waals surface area contributed by atoms with Crippen molar-refractivity contribution in [2.45, 2.75) is 32.7 Å². The van der Waals surface area contributed by atoms with Crippen molar-refractivity contribution in [2.24, 2.45) is 0 Å². The summed E-state index contributed by atoms with van der Waals surface area (Å²) in [5.41, 5.74) is 0. The molecule has 1 atom stereocenters. The number of nitrogens with one attached hydrogen (secondary N) is 2. The zero-order valence-corrected chi connectivity index (χ0v) is 7.61. The summed E-state index contributed by atoms with van der Waals surface area (Å²) in [5.74, 6) is 0.0842. The summed E-state index contributed by atoms with van der Waals surface area (Å²) in [6.45, 7) is 4.75. The summed E-state index contributed by atoms with van der Waals surface area (Å²) in [7, 11) is 1.78. The van der Waals surface area contributed by atoms with Crippen LogP contribution in [-0.2, 0) is 4.79 Å². The van der Waals surface area contributed by atoms with Gasteiger partial charge in [0.05, 0.1) is 6.04 Å². The van der Waals surface area contributed by atoms with Crippen molar-refractivity contribution >= 4 is 5.91 Å². The van der Waals surface area contributed by atoms with Gasteiger partial charge in [-0.15, -0.1) is 0 Å². The largest absolute Gasteiger partial charge is 0.355 e. The molecular formula is C8H18N2O. The van der Waals surface area contributed by atoms with Crippen molar-refractivity contribution in [3.63, 3.8) is 0 Å². The highest BCUT2D eigenvalue weighted by Crippen LogP contribution is 1.84. The molecule has 0 aromatic carbocycles. The molecule has 0 spiro atoms. The van der Waals surface area contributed by atoms with E-state index < -0.39 is 0 Å². The first kappa shape index (κ1) is 10.4. The monoisotopic (exact) mass is 158 g/mol. The Hall–Kier alpha value is -0.570. The van der Waals surface area contributed by atoms with Crippen molar-refractivity contribution in [3.8, 4) is 0 Å². The first-order valence-corrected chi connectivity index (χ1v) is 4.17. The fourth-order valence-corrected chi connectivity index (χ4v) is 0.673. The van der Waals surface area contributed by atoms with Gasteiger partial charge >= 0.3 is 0 Å². The first-order chi connectivity index (χ1) is 5.22. The molecule has 66 valence electrons. The summed E-state index contributed by atoms with van der Waals surface area (Å²) in [6.07, 6.45) is 2.18. The molecule has 0 saturated carbocycles. The number of hydrogen-bond donors (Lipinski definition) is 2. The molecule has 0 radical (unpaired) electrons. The van der Waals surface area contributed by atoms with Crippen LogP contribution in [0.25, 0.3) is 0 Å². The quantitative estimate of drug-likeness (QED) is 0.572. The Bertz CT molecular complexity index is 115. The fraction of sp³-hybridized carbons (Fsp3) is 0.875.